The van der Waals surface area contributed by atoms with Gasteiger partial charge >= 0.3 is 5.97 Å². The molecule has 2 unspecified atom stereocenters. The fourth-order valence-corrected chi connectivity index (χ4v) is 3.58. The van der Waals surface area contributed by atoms with E-state index in [-0.39, 0.29) is 12.6 Å². The van der Waals surface area contributed by atoms with Crippen molar-refractivity contribution in [1.29, 1.82) is 0 Å². The maximum absolute atomic E-state index is 11.8. The lowest BCUT2D eigenvalue weighted by atomic mass is 9.97. The van der Waals surface area contributed by atoms with Gasteiger partial charge in [-0.05, 0) is 19.3 Å². The molecule has 112 valence electrons. The van der Waals surface area contributed by atoms with Crippen LogP contribution < -0.4 is 5.73 Å². The Bertz CT molecular complexity index is 581. The second kappa shape index (κ2) is 5.82. The maximum Gasteiger partial charge on any atom is 0.328 e. The summed E-state index contributed by atoms with van der Waals surface area (Å²) in [6.45, 7) is -0.0166. The van der Waals surface area contributed by atoms with E-state index < -0.39 is 21.1 Å². The molecule has 2 atom stereocenters. The van der Waals surface area contributed by atoms with Crippen molar-refractivity contribution < 1.29 is 17.9 Å². The molecule has 1 saturated carbocycles. The molecule has 8 heteroatoms. The second-order valence-corrected chi connectivity index (χ2v) is 7.53. The second-order valence-electron chi connectivity index (χ2n) is 5.20. The highest BCUT2D eigenvalue weighted by molar-refractivity contribution is 7.91. The van der Waals surface area contributed by atoms with Crippen LogP contribution in [0.15, 0.2) is 12.4 Å². The molecule has 1 aromatic rings. The van der Waals surface area contributed by atoms with Gasteiger partial charge in [-0.2, -0.15) is 5.10 Å². The zero-order chi connectivity index (χ0) is 14.8. The molecule has 0 aliphatic heterocycles. The third-order valence-corrected chi connectivity index (χ3v) is 5.07. The lowest BCUT2D eigenvalue weighted by molar-refractivity contribution is -0.151. The highest BCUT2D eigenvalue weighted by atomic mass is 32.2. The van der Waals surface area contributed by atoms with Crippen molar-refractivity contribution in [2.75, 3.05) is 12.0 Å². The lowest BCUT2D eigenvalue weighted by Gasteiger charge is -2.27. The van der Waals surface area contributed by atoms with Gasteiger partial charge in [-0.3, -0.25) is 9.48 Å². The predicted molar refractivity (Wildman–Crippen MR) is 73.6 cm³/mol. The van der Waals surface area contributed by atoms with Gasteiger partial charge in [-0.1, -0.05) is 0 Å². The van der Waals surface area contributed by atoms with Crippen LogP contribution in [0.5, 0.6) is 0 Å². The van der Waals surface area contributed by atoms with Crippen LogP contribution in [0.2, 0.25) is 0 Å². The standard InChI is InChI=1S/C12H19N3O4S/c1-20(17,18)11-4-2-3-10(5-11)19-12(16)8-15-7-9(13)6-14-15/h6-7,10-11H,2-5,8,13H2,1H3. The molecule has 1 aliphatic carbocycles. The molecule has 0 radical (unpaired) electrons. The number of ether oxygens (including phenoxy) is 1. The molecule has 1 aromatic heterocycles. The molecule has 20 heavy (non-hydrogen) atoms. The number of carbonyl (C=O) groups is 1. The summed E-state index contributed by atoms with van der Waals surface area (Å²) in [5, 5.41) is 3.49. The zero-order valence-corrected chi connectivity index (χ0v) is 12.2. The minimum Gasteiger partial charge on any atom is -0.461 e. The molecule has 0 bridgehead atoms. The van der Waals surface area contributed by atoms with E-state index in [2.05, 4.69) is 5.10 Å². The number of carbonyl (C=O) groups excluding carboxylic acids is 1. The van der Waals surface area contributed by atoms with Crippen molar-refractivity contribution >= 4 is 21.5 Å². The van der Waals surface area contributed by atoms with Crippen molar-refractivity contribution in [3.8, 4) is 0 Å². The van der Waals surface area contributed by atoms with E-state index in [1.807, 2.05) is 0 Å². The number of nitrogens with two attached hydrogens (primary N) is 1. The third-order valence-electron chi connectivity index (χ3n) is 3.43. The first-order valence-electron chi connectivity index (χ1n) is 6.51. The molecule has 1 fully saturated rings. The fourth-order valence-electron chi connectivity index (χ4n) is 2.42. The van der Waals surface area contributed by atoms with Crippen molar-refractivity contribution in [1.82, 2.24) is 9.78 Å². The van der Waals surface area contributed by atoms with Crippen molar-refractivity contribution in [2.45, 2.75) is 43.6 Å². The highest BCUT2D eigenvalue weighted by Gasteiger charge is 2.30. The summed E-state index contributed by atoms with van der Waals surface area (Å²) in [5.41, 5.74) is 5.98. The van der Waals surface area contributed by atoms with Gasteiger partial charge in [-0.15, -0.1) is 0 Å². The van der Waals surface area contributed by atoms with Crippen LogP contribution in [0.25, 0.3) is 0 Å². The summed E-state index contributed by atoms with van der Waals surface area (Å²) in [4.78, 5) is 11.8. The van der Waals surface area contributed by atoms with Crippen LogP contribution in [0.1, 0.15) is 25.7 Å². The number of sulfone groups is 1. The van der Waals surface area contributed by atoms with E-state index in [0.29, 0.717) is 24.9 Å². The molecule has 2 rings (SSSR count). The quantitative estimate of drug-likeness (QED) is 0.805. The first-order chi connectivity index (χ1) is 9.34. The molecule has 1 heterocycles. The summed E-state index contributed by atoms with van der Waals surface area (Å²) < 4.78 is 29.8. The fraction of sp³-hybridized carbons (Fsp3) is 0.667. The van der Waals surface area contributed by atoms with Crippen LogP contribution in [-0.2, 0) is 25.9 Å². The van der Waals surface area contributed by atoms with Gasteiger partial charge in [0.15, 0.2) is 0 Å². The summed E-state index contributed by atoms with van der Waals surface area (Å²) in [6, 6.07) is 0. The Morgan fingerprint density at radius 3 is 2.90 bits per heavy atom. The number of rotatable bonds is 4. The van der Waals surface area contributed by atoms with Gasteiger partial charge in [0.25, 0.3) is 0 Å². The minimum atomic E-state index is -3.08. The van der Waals surface area contributed by atoms with Gasteiger partial charge in [0, 0.05) is 18.9 Å². The maximum atomic E-state index is 11.8. The molecule has 1 aliphatic rings. The SMILES string of the molecule is CS(=O)(=O)C1CCCC(OC(=O)Cn2cc(N)cn2)C1. The first-order valence-corrected chi connectivity index (χ1v) is 8.46. The summed E-state index contributed by atoms with van der Waals surface area (Å²) in [5.74, 6) is -0.424. The van der Waals surface area contributed by atoms with Gasteiger partial charge in [0.1, 0.15) is 22.5 Å². The number of aromatic nitrogens is 2. The normalized spacial score (nSPS) is 23.4. The van der Waals surface area contributed by atoms with E-state index in [9.17, 15) is 13.2 Å². The van der Waals surface area contributed by atoms with Gasteiger partial charge in [-0.25, -0.2) is 8.42 Å². The summed E-state index contributed by atoms with van der Waals surface area (Å²) in [6.07, 6.45) is 6.38. The topological polar surface area (TPSA) is 104 Å². The van der Waals surface area contributed by atoms with Crippen LogP contribution in [-0.4, -0.2) is 41.8 Å². The van der Waals surface area contributed by atoms with Gasteiger partial charge in [0.2, 0.25) is 0 Å². The average molecular weight is 301 g/mol. The van der Waals surface area contributed by atoms with Crippen molar-refractivity contribution in [2.24, 2.45) is 0 Å². The molecular weight excluding hydrogens is 282 g/mol. The largest absolute Gasteiger partial charge is 0.461 e. The van der Waals surface area contributed by atoms with E-state index >= 15 is 0 Å². The van der Waals surface area contributed by atoms with Gasteiger partial charge < -0.3 is 10.5 Å². The van der Waals surface area contributed by atoms with E-state index in [4.69, 9.17) is 10.5 Å². The zero-order valence-electron chi connectivity index (χ0n) is 11.4. The minimum absolute atomic E-state index is 0.0166. The van der Waals surface area contributed by atoms with E-state index in [1.54, 1.807) is 6.20 Å². The summed E-state index contributed by atoms with van der Waals surface area (Å²) >= 11 is 0. The van der Waals surface area contributed by atoms with E-state index in [1.165, 1.54) is 17.1 Å². The molecular formula is C12H19N3O4S. The molecule has 2 N–H and O–H groups in total. The Hall–Kier alpha value is -1.57. The molecule has 0 saturated heterocycles. The Kier molecular flexibility index (Phi) is 4.32. The number of nitrogen functional groups attached to an aromatic ring is 1. The van der Waals surface area contributed by atoms with Crippen molar-refractivity contribution in [3.05, 3.63) is 12.4 Å². The highest BCUT2D eigenvalue weighted by Crippen LogP contribution is 2.26. The Morgan fingerprint density at radius 2 is 2.30 bits per heavy atom. The number of hydrogen-bond donors (Lipinski definition) is 1. The Morgan fingerprint density at radius 1 is 1.55 bits per heavy atom. The Balaban J connectivity index is 1.88. The van der Waals surface area contributed by atoms with Crippen LogP contribution in [0, 0.1) is 0 Å². The van der Waals surface area contributed by atoms with Crippen LogP contribution in [0.3, 0.4) is 0 Å². The monoisotopic (exact) mass is 301 g/mol. The van der Waals surface area contributed by atoms with E-state index in [0.717, 1.165) is 6.42 Å². The Labute approximate surface area is 118 Å². The number of nitrogens with zero attached hydrogens (tertiary/aromatic N) is 2. The number of esters is 1. The van der Waals surface area contributed by atoms with Crippen LogP contribution >= 0.6 is 0 Å². The average Bonchev–Trinajstić information content (AvgIpc) is 2.73. The van der Waals surface area contributed by atoms with Gasteiger partial charge in [0.05, 0.1) is 17.1 Å². The molecule has 7 nitrogen and oxygen atoms in total. The van der Waals surface area contributed by atoms with Crippen LogP contribution in [0.4, 0.5) is 5.69 Å². The molecule has 0 spiro atoms. The smallest absolute Gasteiger partial charge is 0.328 e. The third kappa shape index (κ3) is 3.96. The predicted octanol–water partition coefficient (Wildman–Crippen LogP) is 0.364. The molecule has 0 amide bonds. The number of hydrogen-bond acceptors (Lipinski definition) is 6. The summed E-state index contributed by atoms with van der Waals surface area (Å²) in [7, 11) is -3.08. The number of anilines is 1. The first kappa shape index (κ1) is 14.8. The lowest BCUT2D eigenvalue weighted by Crippen LogP contribution is -2.33. The molecule has 0 aromatic carbocycles. The van der Waals surface area contributed by atoms with Crippen molar-refractivity contribution in [3.63, 3.8) is 0 Å².